The lowest BCUT2D eigenvalue weighted by molar-refractivity contribution is -0.141. The molecule has 4 rings (SSSR count). The summed E-state index contributed by atoms with van der Waals surface area (Å²) in [7, 11) is 0. The van der Waals surface area contributed by atoms with Crippen LogP contribution < -0.4 is 0 Å². The van der Waals surface area contributed by atoms with Crippen molar-refractivity contribution >= 4 is 12.1 Å². The fourth-order valence-electron chi connectivity index (χ4n) is 4.24. The molecule has 0 saturated carbocycles. The van der Waals surface area contributed by atoms with Gasteiger partial charge in [-0.25, -0.2) is 9.59 Å². The van der Waals surface area contributed by atoms with Gasteiger partial charge in [0.15, 0.2) is 0 Å². The second kappa shape index (κ2) is 8.09. The molecule has 1 saturated heterocycles. The van der Waals surface area contributed by atoms with Gasteiger partial charge in [0.1, 0.15) is 12.6 Å². The normalized spacial score (nSPS) is 20.2. The molecule has 1 amide bonds. The van der Waals surface area contributed by atoms with E-state index >= 15 is 0 Å². The van der Waals surface area contributed by atoms with Crippen LogP contribution in [-0.2, 0) is 14.3 Å². The number of hydrogen-bond donors (Lipinski definition) is 1. The first-order valence-corrected chi connectivity index (χ1v) is 9.67. The quantitative estimate of drug-likeness (QED) is 0.758. The molecule has 0 aromatic heterocycles. The Morgan fingerprint density at radius 1 is 1.10 bits per heavy atom. The summed E-state index contributed by atoms with van der Waals surface area (Å²) in [6, 6.07) is 15.2. The van der Waals surface area contributed by atoms with Crippen LogP contribution in [0.4, 0.5) is 4.79 Å². The number of rotatable bonds is 6. The number of hydrogen-bond acceptors (Lipinski definition) is 4. The van der Waals surface area contributed by atoms with Crippen molar-refractivity contribution in [2.45, 2.75) is 24.5 Å². The zero-order valence-electron chi connectivity index (χ0n) is 16.0. The number of carbonyl (C=O) groups is 2. The molecule has 0 bridgehead atoms. The second-order valence-corrected chi connectivity index (χ2v) is 7.29. The van der Waals surface area contributed by atoms with Crippen LogP contribution in [0.15, 0.2) is 61.2 Å². The van der Waals surface area contributed by atoms with Gasteiger partial charge in [-0.05, 0) is 22.3 Å². The van der Waals surface area contributed by atoms with Crippen LogP contribution in [0.3, 0.4) is 0 Å². The van der Waals surface area contributed by atoms with Gasteiger partial charge in [0.2, 0.25) is 0 Å². The summed E-state index contributed by atoms with van der Waals surface area (Å²) in [5.74, 6) is -1.12. The molecular formula is C23H23NO5. The number of fused-ring (bicyclic) bond motifs is 3. The minimum absolute atomic E-state index is 0.0648. The summed E-state index contributed by atoms with van der Waals surface area (Å²) in [6.45, 7) is 4.27. The summed E-state index contributed by atoms with van der Waals surface area (Å²) in [6.07, 6.45) is 0.887. The third-order valence-corrected chi connectivity index (χ3v) is 5.57. The molecule has 6 nitrogen and oxygen atoms in total. The summed E-state index contributed by atoms with van der Waals surface area (Å²) in [5.41, 5.74) is 4.52. The zero-order valence-corrected chi connectivity index (χ0v) is 16.0. The number of aliphatic carboxylic acids is 1. The number of carboxylic acid groups (broad SMARTS) is 1. The average Bonchev–Trinajstić information content (AvgIpc) is 3.30. The molecule has 0 spiro atoms. The average molecular weight is 393 g/mol. The van der Waals surface area contributed by atoms with Crippen LogP contribution in [0.2, 0.25) is 0 Å². The minimum Gasteiger partial charge on any atom is -0.480 e. The molecule has 2 atom stereocenters. The van der Waals surface area contributed by atoms with Crippen molar-refractivity contribution in [3.63, 3.8) is 0 Å². The fraction of sp³-hybridized carbons (Fsp3) is 0.304. The van der Waals surface area contributed by atoms with E-state index in [2.05, 4.69) is 18.7 Å². The molecule has 1 aliphatic carbocycles. The molecule has 2 aromatic carbocycles. The number of carboxylic acids is 1. The molecule has 0 radical (unpaired) electrons. The zero-order chi connectivity index (χ0) is 20.4. The lowest BCUT2D eigenvalue weighted by Gasteiger charge is -2.22. The van der Waals surface area contributed by atoms with Crippen molar-refractivity contribution in [3.05, 3.63) is 72.3 Å². The summed E-state index contributed by atoms with van der Waals surface area (Å²) >= 11 is 0. The van der Waals surface area contributed by atoms with Crippen LogP contribution in [-0.4, -0.2) is 54.0 Å². The van der Waals surface area contributed by atoms with Gasteiger partial charge in [-0.3, -0.25) is 4.90 Å². The topological polar surface area (TPSA) is 76.1 Å². The molecule has 1 aliphatic heterocycles. The maximum absolute atomic E-state index is 12.7. The first-order chi connectivity index (χ1) is 14.1. The van der Waals surface area contributed by atoms with Gasteiger partial charge in [0.05, 0.1) is 19.3 Å². The van der Waals surface area contributed by atoms with Crippen molar-refractivity contribution in [3.8, 4) is 11.1 Å². The summed E-state index contributed by atoms with van der Waals surface area (Å²) < 4.78 is 11.2. The van der Waals surface area contributed by atoms with Gasteiger partial charge in [0, 0.05) is 12.3 Å². The predicted molar refractivity (Wildman–Crippen MR) is 108 cm³/mol. The van der Waals surface area contributed by atoms with Crippen LogP contribution in [0, 0.1) is 0 Å². The maximum atomic E-state index is 12.7. The highest BCUT2D eigenvalue weighted by atomic mass is 16.6. The molecule has 0 unspecified atom stereocenters. The SMILES string of the molecule is C=CCO[C@@H]1C[C@@H](C(=O)O)N(C(=O)OCC2c3ccccc3-c3ccccc32)C1. The molecule has 150 valence electrons. The highest BCUT2D eigenvalue weighted by Crippen LogP contribution is 2.44. The van der Waals surface area contributed by atoms with E-state index in [9.17, 15) is 14.7 Å². The van der Waals surface area contributed by atoms with Crippen molar-refractivity contribution in [2.75, 3.05) is 19.8 Å². The Morgan fingerprint density at radius 2 is 1.72 bits per heavy atom. The van der Waals surface area contributed by atoms with E-state index in [0.29, 0.717) is 6.61 Å². The van der Waals surface area contributed by atoms with Crippen LogP contribution in [0.5, 0.6) is 0 Å². The number of benzene rings is 2. The number of carbonyl (C=O) groups excluding carboxylic acids is 1. The monoisotopic (exact) mass is 393 g/mol. The summed E-state index contributed by atoms with van der Waals surface area (Å²) in [4.78, 5) is 25.6. The van der Waals surface area contributed by atoms with E-state index < -0.39 is 18.1 Å². The summed E-state index contributed by atoms with van der Waals surface area (Å²) in [5, 5.41) is 9.49. The Morgan fingerprint density at radius 3 is 2.31 bits per heavy atom. The molecule has 6 heteroatoms. The Bertz CT molecular complexity index is 895. The Kier molecular flexibility index (Phi) is 5.36. The van der Waals surface area contributed by atoms with Crippen molar-refractivity contribution < 1.29 is 24.2 Å². The number of likely N-dealkylation sites (tertiary alicyclic amines) is 1. The first-order valence-electron chi connectivity index (χ1n) is 9.67. The van der Waals surface area contributed by atoms with E-state index in [1.54, 1.807) is 6.08 Å². The second-order valence-electron chi connectivity index (χ2n) is 7.29. The number of amides is 1. The van der Waals surface area contributed by atoms with Gasteiger partial charge in [0.25, 0.3) is 0 Å². The third kappa shape index (κ3) is 3.63. The third-order valence-electron chi connectivity index (χ3n) is 5.57. The predicted octanol–water partition coefficient (Wildman–Crippen LogP) is 3.67. The van der Waals surface area contributed by atoms with Crippen LogP contribution in [0.1, 0.15) is 23.5 Å². The highest BCUT2D eigenvalue weighted by molar-refractivity contribution is 5.81. The molecule has 1 heterocycles. The van der Waals surface area contributed by atoms with Crippen molar-refractivity contribution in [1.82, 2.24) is 4.90 Å². The standard InChI is InChI=1S/C23H23NO5/c1-2-11-28-15-12-21(22(25)26)24(13-15)23(27)29-14-20-18-9-5-3-7-16(18)17-8-4-6-10-19(17)20/h2-10,15,20-21H,1,11-14H2,(H,25,26)/t15-,21+/m1/s1. The van der Waals surface area contributed by atoms with E-state index in [1.807, 2.05) is 36.4 Å². The number of nitrogens with zero attached hydrogens (tertiary/aromatic N) is 1. The molecule has 1 N–H and O–H groups in total. The van der Waals surface area contributed by atoms with Crippen LogP contribution in [0.25, 0.3) is 11.1 Å². The lowest BCUT2D eigenvalue weighted by atomic mass is 9.98. The smallest absolute Gasteiger partial charge is 0.410 e. The first kappa shape index (κ1) is 19.2. The van der Waals surface area contributed by atoms with Crippen molar-refractivity contribution in [2.24, 2.45) is 0 Å². The Labute approximate surface area is 169 Å². The highest BCUT2D eigenvalue weighted by Gasteiger charge is 2.41. The molecular weight excluding hydrogens is 370 g/mol. The van der Waals surface area contributed by atoms with E-state index in [0.717, 1.165) is 22.3 Å². The van der Waals surface area contributed by atoms with Gasteiger partial charge >= 0.3 is 12.1 Å². The molecule has 1 fully saturated rings. The van der Waals surface area contributed by atoms with Crippen LogP contribution >= 0.6 is 0 Å². The minimum atomic E-state index is -1.05. The lowest BCUT2D eigenvalue weighted by Crippen LogP contribution is -2.41. The Hall–Kier alpha value is -3.12. The molecule has 2 aliphatic rings. The molecule has 2 aromatic rings. The van der Waals surface area contributed by atoms with Crippen molar-refractivity contribution in [1.29, 1.82) is 0 Å². The maximum Gasteiger partial charge on any atom is 0.410 e. The van der Waals surface area contributed by atoms with E-state index in [4.69, 9.17) is 9.47 Å². The molecule has 29 heavy (non-hydrogen) atoms. The van der Waals surface area contributed by atoms with Gasteiger partial charge in [-0.2, -0.15) is 0 Å². The van der Waals surface area contributed by atoms with E-state index in [-0.39, 0.29) is 31.6 Å². The van der Waals surface area contributed by atoms with Gasteiger partial charge in [-0.1, -0.05) is 54.6 Å². The van der Waals surface area contributed by atoms with E-state index in [1.165, 1.54) is 4.90 Å². The fourth-order valence-corrected chi connectivity index (χ4v) is 4.24. The largest absolute Gasteiger partial charge is 0.480 e. The Balaban J connectivity index is 1.48. The van der Waals surface area contributed by atoms with Gasteiger partial charge < -0.3 is 14.6 Å². The number of ether oxygens (including phenoxy) is 2. The van der Waals surface area contributed by atoms with Gasteiger partial charge in [-0.15, -0.1) is 6.58 Å².